The number of phenols is 1. The third kappa shape index (κ3) is 7.63. The van der Waals surface area contributed by atoms with Gasteiger partial charge in [-0.1, -0.05) is 6.07 Å². The van der Waals surface area contributed by atoms with Crippen molar-refractivity contribution >= 4 is 49.5 Å². The van der Waals surface area contributed by atoms with Crippen LogP contribution in [-0.2, 0) is 16.0 Å². The van der Waals surface area contributed by atoms with Crippen molar-refractivity contribution in [3.63, 3.8) is 0 Å². The molecule has 3 N–H and O–H groups in total. The van der Waals surface area contributed by atoms with Gasteiger partial charge in [-0.05, 0) is 5.38 Å². The SMILES string of the molecule is COC(=O)C(CNC(=O)c1cccs1)NC(=O)c1c(C)nc([As]CCCc2cccc(O)c2)nc1C. The molecule has 0 aliphatic rings. The molecule has 1 aromatic carbocycles. The average Bonchev–Trinajstić information content (AvgIpc) is 3.38. The number of nitrogens with zero attached hydrogens (tertiary/aromatic N) is 2. The Kier molecular flexibility index (Phi) is 10.0. The summed E-state index contributed by atoms with van der Waals surface area (Å²) in [7, 11) is 1.22. The van der Waals surface area contributed by atoms with Gasteiger partial charge in [0.25, 0.3) is 0 Å². The van der Waals surface area contributed by atoms with Gasteiger partial charge in [0.15, 0.2) is 0 Å². The van der Waals surface area contributed by atoms with Gasteiger partial charge in [-0.3, -0.25) is 0 Å². The monoisotopic (exact) mass is 571 g/mol. The number of hydrogen-bond donors (Lipinski definition) is 3. The molecule has 0 saturated carbocycles. The fraction of sp³-hybridized carbons (Fsp3) is 0.320. The predicted octanol–water partition coefficient (Wildman–Crippen LogP) is 1.94. The minimum absolute atomic E-state index is 0.115. The predicted molar refractivity (Wildman–Crippen MR) is 138 cm³/mol. The van der Waals surface area contributed by atoms with Crippen molar-refractivity contribution in [3.05, 3.63) is 69.2 Å². The summed E-state index contributed by atoms with van der Waals surface area (Å²) in [6.45, 7) is 3.37. The molecule has 0 aliphatic heterocycles. The van der Waals surface area contributed by atoms with Crippen LogP contribution in [0.25, 0.3) is 0 Å². The van der Waals surface area contributed by atoms with Crippen molar-refractivity contribution in [2.75, 3.05) is 13.7 Å². The van der Waals surface area contributed by atoms with Crippen LogP contribution in [0.2, 0.25) is 5.21 Å². The van der Waals surface area contributed by atoms with Gasteiger partial charge < -0.3 is 0 Å². The molecule has 2 amide bonds. The zero-order valence-corrected chi connectivity index (χ0v) is 23.0. The van der Waals surface area contributed by atoms with Gasteiger partial charge in [0.05, 0.1) is 0 Å². The Bertz CT molecular complexity index is 1200. The number of methoxy groups -OCH3 is 1. The van der Waals surface area contributed by atoms with E-state index < -0.39 is 17.9 Å². The first-order chi connectivity index (χ1) is 17.3. The third-order valence-electron chi connectivity index (χ3n) is 5.28. The zero-order valence-electron chi connectivity index (χ0n) is 20.3. The Balaban J connectivity index is 1.59. The van der Waals surface area contributed by atoms with E-state index in [9.17, 15) is 19.5 Å². The van der Waals surface area contributed by atoms with Crippen LogP contribution in [0, 0.1) is 13.8 Å². The first kappa shape index (κ1) is 27.4. The summed E-state index contributed by atoms with van der Waals surface area (Å²) in [6.07, 6.45) is 1.81. The van der Waals surface area contributed by atoms with Crippen LogP contribution < -0.4 is 15.2 Å². The molecule has 1 unspecified atom stereocenters. The number of aromatic nitrogens is 2. The minimum atomic E-state index is -1.06. The number of aryl methyl sites for hydroxylation is 3. The Hall–Kier alpha value is -3.23. The molecule has 0 saturated heterocycles. The molecule has 3 aromatic rings. The van der Waals surface area contributed by atoms with Gasteiger partial charge in [0, 0.05) is 0 Å². The molecule has 2 aromatic heterocycles. The third-order valence-corrected chi connectivity index (χ3v) is 8.29. The quantitative estimate of drug-likeness (QED) is 0.182. The Morgan fingerprint density at radius 3 is 2.50 bits per heavy atom. The molecule has 36 heavy (non-hydrogen) atoms. The molecular formula is C25H28AsN4O5S. The fourth-order valence-electron chi connectivity index (χ4n) is 3.53. The fourth-order valence-corrected chi connectivity index (χ4v) is 6.18. The summed E-state index contributed by atoms with van der Waals surface area (Å²) >= 11 is 0.996. The zero-order chi connectivity index (χ0) is 26.1. The van der Waals surface area contributed by atoms with E-state index in [0.29, 0.717) is 21.8 Å². The Morgan fingerprint density at radius 2 is 1.86 bits per heavy atom. The standard InChI is InChI=1S/C25H28AsN4O5S/c1-15-21(16(2)29-25(28-15)26-11-5-8-17-7-4-9-18(31)13-17)23(33)30-19(24(34)35-3)14-27-22(32)20-10-6-12-36-20/h4,6-7,9-10,12-13,19,31H,5,8,11,14H2,1-3H3,(H,27,32)(H,30,33). The number of aromatic hydroxyl groups is 1. The maximum absolute atomic E-state index is 13.0. The van der Waals surface area contributed by atoms with E-state index >= 15 is 0 Å². The number of carbonyl (C=O) groups is 3. The number of benzene rings is 1. The van der Waals surface area contributed by atoms with E-state index in [1.807, 2.05) is 12.1 Å². The summed E-state index contributed by atoms with van der Waals surface area (Å²) in [4.78, 5) is 47.1. The van der Waals surface area contributed by atoms with Crippen molar-refractivity contribution in [2.24, 2.45) is 0 Å². The molecule has 2 heterocycles. The van der Waals surface area contributed by atoms with Crippen molar-refractivity contribution in [1.29, 1.82) is 0 Å². The normalized spacial score (nSPS) is 11.9. The summed E-state index contributed by atoms with van der Waals surface area (Å²) in [6, 6.07) is 9.61. The second kappa shape index (κ2) is 13.2. The first-order valence-electron chi connectivity index (χ1n) is 11.3. The number of hydrogen-bond acceptors (Lipinski definition) is 8. The van der Waals surface area contributed by atoms with Crippen LogP contribution >= 0.6 is 11.3 Å². The topological polar surface area (TPSA) is 131 Å². The van der Waals surface area contributed by atoms with E-state index in [0.717, 1.165) is 28.2 Å². The number of esters is 1. The molecule has 3 rings (SSSR count). The summed E-state index contributed by atoms with van der Waals surface area (Å²) in [5.41, 5.74) is 2.45. The molecule has 11 heteroatoms. The van der Waals surface area contributed by atoms with Gasteiger partial charge in [-0.25, -0.2) is 0 Å². The number of amides is 2. The van der Waals surface area contributed by atoms with Crippen LogP contribution in [0.5, 0.6) is 5.75 Å². The van der Waals surface area contributed by atoms with E-state index in [2.05, 4.69) is 20.6 Å². The Labute approximate surface area is 220 Å². The van der Waals surface area contributed by atoms with Crippen molar-refractivity contribution < 1.29 is 24.2 Å². The summed E-state index contributed by atoms with van der Waals surface area (Å²) in [5.74, 6) is -1.24. The second-order valence-corrected chi connectivity index (χ2v) is 11.3. The molecule has 0 fully saturated rings. The first-order valence-corrected chi connectivity index (χ1v) is 14.4. The molecule has 9 nitrogen and oxygen atoms in total. The van der Waals surface area contributed by atoms with E-state index in [-0.39, 0.29) is 34.0 Å². The number of nitrogens with one attached hydrogen (secondary N) is 2. The Morgan fingerprint density at radius 1 is 1.11 bits per heavy atom. The van der Waals surface area contributed by atoms with Crippen molar-refractivity contribution in [2.45, 2.75) is 37.9 Å². The van der Waals surface area contributed by atoms with Crippen molar-refractivity contribution in [3.8, 4) is 5.75 Å². The molecule has 1 radical (unpaired) electrons. The van der Waals surface area contributed by atoms with E-state index in [1.165, 1.54) is 18.4 Å². The average molecular weight is 572 g/mol. The molecule has 0 spiro atoms. The number of carbonyl (C=O) groups excluding carboxylic acids is 3. The van der Waals surface area contributed by atoms with Crippen molar-refractivity contribution in [1.82, 2.24) is 20.6 Å². The van der Waals surface area contributed by atoms with Gasteiger partial charge in [-0.2, -0.15) is 0 Å². The summed E-state index contributed by atoms with van der Waals surface area (Å²) < 4.78 is 5.54. The molecular weight excluding hydrogens is 543 g/mol. The number of phenolic OH excluding ortho intramolecular Hbond substituents is 1. The van der Waals surface area contributed by atoms with Crippen LogP contribution in [-0.4, -0.2) is 68.3 Å². The number of rotatable bonds is 11. The molecule has 0 bridgehead atoms. The van der Waals surface area contributed by atoms with Gasteiger partial charge in [0.1, 0.15) is 0 Å². The van der Waals surface area contributed by atoms with Crippen LogP contribution in [0.1, 0.15) is 43.4 Å². The number of ether oxygens (including phenoxy) is 1. The molecule has 1 atom stereocenters. The molecule has 189 valence electrons. The van der Waals surface area contributed by atoms with E-state index in [1.54, 1.807) is 43.5 Å². The summed E-state index contributed by atoms with van der Waals surface area (Å²) in [5, 5.41) is 17.6. The molecule has 0 aliphatic carbocycles. The van der Waals surface area contributed by atoms with E-state index in [4.69, 9.17) is 4.74 Å². The van der Waals surface area contributed by atoms with Crippen LogP contribution in [0.15, 0.2) is 41.8 Å². The van der Waals surface area contributed by atoms with Gasteiger partial charge in [0.2, 0.25) is 0 Å². The maximum atomic E-state index is 13.0. The van der Waals surface area contributed by atoms with Gasteiger partial charge in [-0.15, -0.1) is 0 Å². The van der Waals surface area contributed by atoms with Crippen LogP contribution in [0.4, 0.5) is 0 Å². The van der Waals surface area contributed by atoms with Gasteiger partial charge >= 0.3 is 209 Å². The van der Waals surface area contributed by atoms with Crippen LogP contribution in [0.3, 0.4) is 0 Å². The second-order valence-electron chi connectivity index (χ2n) is 7.96. The number of thiophene rings is 1.